The van der Waals surface area contributed by atoms with Gasteiger partial charge in [0.2, 0.25) is 5.91 Å². The number of hydrogen-bond acceptors (Lipinski definition) is 5. The van der Waals surface area contributed by atoms with Gasteiger partial charge in [-0.25, -0.2) is 9.37 Å². The number of aromatic nitrogens is 1. The lowest BCUT2D eigenvalue weighted by Gasteiger charge is -2.27. The second-order valence-corrected chi connectivity index (χ2v) is 7.89. The Morgan fingerprint density at radius 1 is 1.46 bits per heavy atom. The Labute approximate surface area is 149 Å². The first kappa shape index (κ1) is 18.4. The Kier molecular flexibility index (Phi) is 5.97. The third-order valence-corrected chi connectivity index (χ3v) is 5.76. The molecule has 0 aliphatic carbocycles. The van der Waals surface area contributed by atoms with Crippen molar-refractivity contribution in [1.29, 1.82) is 5.26 Å². The molecule has 7 heteroatoms. The largest absolute Gasteiger partial charge is 0.337 e. The molecule has 4 nitrogen and oxygen atoms in total. The highest BCUT2D eigenvalue weighted by Crippen LogP contribution is 2.28. The van der Waals surface area contributed by atoms with E-state index in [0.29, 0.717) is 0 Å². The molecule has 0 aliphatic rings. The van der Waals surface area contributed by atoms with Crippen molar-refractivity contribution in [3.8, 4) is 17.3 Å². The number of thiazole rings is 1. The molecule has 0 bridgehead atoms. The average molecular weight is 363 g/mol. The third-order valence-electron chi connectivity index (χ3n) is 3.74. The summed E-state index contributed by atoms with van der Waals surface area (Å²) in [5, 5.41) is 13.9. The minimum atomic E-state index is -0.875. The molecule has 126 valence electrons. The molecule has 1 aromatic heterocycles. The fraction of sp³-hybridized carbons (Fsp3) is 0.353. The lowest BCUT2D eigenvalue weighted by atomic mass is 9.90. The predicted octanol–water partition coefficient (Wildman–Crippen LogP) is 4.10. The van der Waals surface area contributed by atoms with Crippen molar-refractivity contribution in [2.75, 3.05) is 5.75 Å². The van der Waals surface area contributed by atoms with Crippen LogP contribution in [0.3, 0.4) is 0 Å². The van der Waals surface area contributed by atoms with E-state index in [0.717, 1.165) is 15.6 Å². The summed E-state index contributed by atoms with van der Waals surface area (Å²) in [6.07, 6.45) is 0. The zero-order chi connectivity index (χ0) is 17.7. The summed E-state index contributed by atoms with van der Waals surface area (Å²) < 4.78 is 13.7. The van der Waals surface area contributed by atoms with E-state index in [1.165, 1.54) is 35.2 Å². The fourth-order valence-corrected chi connectivity index (χ4v) is 3.47. The second-order valence-electron chi connectivity index (χ2n) is 5.81. The standard InChI is InChI=1S/C17H18FN3OS2/c1-11(2)17(3,10-19)21-15(22)9-24-16-20-14(8-23-16)12-4-6-13(18)7-5-12/h4-8,11H,9H2,1-3H3,(H,21,22). The number of benzene rings is 1. The second kappa shape index (κ2) is 7.77. The number of thioether (sulfide) groups is 1. The van der Waals surface area contributed by atoms with Crippen molar-refractivity contribution in [3.05, 3.63) is 35.5 Å². The summed E-state index contributed by atoms with van der Waals surface area (Å²) in [6, 6.07) is 8.28. The number of amides is 1. The molecule has 0 saturated carbocycles. The number of carbonyl (C=O) groups is 1. The van der Waals surface area contributed by atoms with Crippen LogP contribution in [-0.4, -0.2) is 22.2 Å². The quantitative estimate of drug-likeness (QED) is 0.785. The van der Waals surface area contributed by atoms with E-state index in [2.05, 4.69) is 16.4 Å². The first-order chi connectivity index (χ1) is 11.3. The van der Waals surface area contributed by atoms with Crippen LogP contribution in [0.25, 0.3) is 11.3 Å². The van der Waals surface area contributed by atoms with Crippen LogP contribution >= 0.6 is 23.1 Å². The molecular formula is C17H18FN3OS2. The van der Waals surface area contributed by atoms with Crippen molar-refractivity contribution in [3.63, 3.8) is 0 Å². The predicted molar refractivity (Wildman–Crippen MR) is 95.2 cm³/mol. The highest BCUT2D eigenvalue weighted by molar-refractivity contribution is 8.01. The van der Waals surface area contributed by atoms with Crippen molar-refractivity contribution in [2.24, 2.45) is 5.92 Å². The van der Waals surface area contributed by atoms with Crippen LogP contribution in [0.5, 0.6) is 0 Å². The lowest BCUT2D eigenvalue weighted by molar-refractivity contribution is -0.120. The number of halogens is 1. The van der Waals surface area contributed by atoms with Crippen molar-refractivity contribution < 1.29 is 9.18 Å². The van der Waals surface area contributed by atoms with E-state index in [-0.39, 0.29) is 23.4 Å². The van der Waals surface area contributed by atoms with Crippen LogP contribution in [0.2, 0.25) is 0 Å². The molecule has 1 atom stereocenters. The highest BCUT2D eigenvalue weighted by Gasteiger charge is 2.29. The van der Waals surface area contributed by atoms with Gasteiger partial charge in [0.25, 0.3) is 0 Å². The zero-order valence-corrected chi connectivity index (χ0v) is 15.3. The third kappa shape index (κ3) is 4.56. The average Bonchev–Trinajstić information content (AvgIpc) is 3.02. The van der Waals surface area contributed by atoms with Gasteiger partial charge >= 0.3 is 0 Å². The van der Waals surface area contributed by atoms with Crippen molar-refractivity contribution >= 4 is 29.0 Å². The molecule has 0 aliphatic heterocycles. The van der Waals surface area contributed by atoms with Crippen LogP contribution in [0, 0.1) is 23.1 Å². The maximum atomic E-state index is 12.9. The van der Waals surface area contributed by atoms with E-state index in [1.807, 2.05) is 19.2 Å². The van der Waals surface area contributed by atoms with Crippen LogP contribution in [-0.2, 0) is 4.79 Å². The Hall–Kier alpha value is -1.91. The smallest absolute Gasteiger partial charge is 0.231 e. The summed E-state index contributed by atoms with van der Waals surface area (Å²) in [5.74, 6) is -0.274. The Morgan fingerprint density at radius 3 is 2.71 bits per heavy atom. The molecule has 1 aromatic carbocycles. The van der Waals surface area contributed by atoms with Crippen LogP contribution in [0.4, 0.5) is 4.39 Å². The Bertz CT molecular complexity index is 752. The van der Waals surface area contributed by atoms with Gasteiger partial charge in [-0.05, 0) is 37.1 Å². The summed E-state index contributed by atoms with van der Waals surface area (Å²) >= 11 is 2.76. The summed E-state index contributed by atoms with van der Waals surface area (Å²) in [6.45, 7) is 5.51. The molecule has 24 heavy (non-hydrogen) atoms. The monoisotopic (exact) mass is 363 g/mol. The van der Waals surface area contributed by atoms with E-state index in [4.69, 9.17) is 0 Å². The van der Waals surface area contributed by atoms with Gasteiger partial charge in [0, 0.05) is 10.9 Å². The molecule has 0 saturated heterocycles. The van der Waals surface area contributed by atoms with Gasteiger partial charge in [-0.1, -0.05) is 25.6 Å². The number of carbonyl (C=O) groups excluding carboxylic acids is 1. The van der Waals surface area contributed by atoms with E-state index < -0.39 is 5.54 Å². The van der Waals surface area contributed by atoms with Gasteiger partial charge in [0.15, 0.2) is 4.34 Å². The summed E-state index contributed by atoms with van der Waals surface area (Å²) in [5.41, 5.74) is 0.715. The van der Waals surface area contributed by atoms with Crippen LogP contribution in [0.15, 0.2) is 34.0 Å². The number of hydrogen-bond donors (Lipinski definition) is 1. The number of nitrogens with zero attached hydrogens (tertiary/aromatic N) is 2. The molecule has 2 rings (SSSR count). The maximum Gasteiger partial charge on any atom is 0.231 e. The van der Waals surface area contributed by atoms with Gasteiger partial charge < -0.3 is 5.32 Å². The molecule has 0 fully saturated rings. The van der Waals surface area contributed by atoms with Gasteiger partial charge in [-0.3, -0.25) is 4.79 Å². The summed E-state index contributed by atoms with van der Waals surface area (Å²) in [4.78, 5) is 16.5. The SMILES string of the molecule is CC(C)C(C)(C#N)NC(=O)CSc1nc(-c2ccc(F)cc2)cs1. The fourth-order valence-electron chi connectivity index (χ4n) is 1.83. The normalized spacial score (nSPS) is 13.3. The molecule has 1 amide bonds. The molecule has 1 N–H and O–H groups in total. The zero-order valence-electron chi connectivity index (χ0n) is 13.7. The molecule has 1 unspecified atom stereocenters. The van der Waals surface area contributed by atoms with Crippen LogP contribution < -0.4 is 5.32 Å². The highest BCUT2D eigenvalue weighted by atomic mass is 32.2. The maximum absolute atomic E-state index is 12.9. The van der Waals surface area contributed by atoms with Gasteiger partial charge in [0.1, 0.15) is 11.4 Å². The summed E-state index contributed by atoms with van der Waals surface area (Å²) in [7, 11) is 0. The number of nitriles is 1. The minimum absolute atomic E-state index is 0.0152. The van der Waals surface area contributed by atoms with Gasteiger partial charge in [0.05, 0.1) is 17.5 Å². The van der Waals surface area contributed by atoms with Crippen molar-refractivity contribution in [1.82, 2.24) is 10.3 Å². The molecular weight excluding hydrogens is 345 g/mol. The topological polar surface area (TPSA) is 65.8 Å². The van der Waals surface area contributed by atoms with Gasteiger partial charge in [-0.15, -0.1) is 11.3 Å². The van der Waals surface area contributed by atoms with E-state index >= 15 is 0 Å². The number of rotatable bonds is 6. The van der Waals surface area contributed by atoms with E-state index in [1.54, 1.807) is 19.1 Å². The first-order valence-electron chi connectivity index (χ1n) is 7.40. The molecule has 2 aromatic rings. The lowest BCUT2D eigenvalue weighted by Crippen LogP contribution is -2.49. The van der Waals surface area contributed by atoms with Crippen molar-refractivity contribution in [2.45, 2.75) is 30.6 Å². The minimum Gasteiger partial charge on any atom is -0.337 e. The number of nitrogens with one attached hydrogen (secondary N) is 1. The first-order valence-corrected chi connectivity index (χ1v) is 9.27. The van der Waals surface area contributed by atoms with E-state index in [9.17, 15) is 14.4 Å². The molecule has 0 radical (unpaired) electrons. The molecule has 1 heterocycles. The molecule has 0 spiro atoms. The van der Waals surface area contributed by atoms with Gasteiger partial charge in [-0.2, -0.15) is 5.26 Å². The Morgan fingerprint density at radius 2 is 2.12 bits per heavy atom. The Balaban J connectivity index is 1.95. The van der Waals surface area contributed by atoms with Crippen LogP contribution in [0.1, 0.15) is 20.8 Å².